The van der Waals surface area contributed by atoms with Crippen LogP contribution in [-0.4, -0.2) is 24.3 Å². The molecule has 4 rings (SSSR count). The predicted octanol–water partition coefficient (Wildman–Crippen LogP) is 5.75. The van der Waals surface area contributed by atoms with E-state index in [4.69, 9.17) is 4.74 Å². The number of carbonyl (C=O) groups excluding carboxylic acids is 2. The summed E-state index contributed by atoms with van der Waals surface area (Å²) in [6, 6.07) is 13.1. The summed E-state index contributed by atoms with van der Waals surface area (Å²) in [5.41, 5.74) is 4.14. The van der Waals surface area contributed by atoms with Crippen LogP contribution in [0.4, 0.5) is 5.69 Å². The van der Waals surface area contributed by atoms with Crippen LogP contribution >= 0.6 is 0 Å². The molecule has 0 bridgehead atoms. The Morgan fingerprint density at radius 2 is 1.85 bits per heavy atom. The maximum Gasteiger partial charge on any atom is 0.224 e. The number of fused-ring (bicyclic) bond motifs is 1. The molecule has 2 aromatic carbocycles. The molecule has 1 saturated carbocycles. The minimum atomic E-state index is -0.152. The second-order valence-corrected chi connectivity index (χ2v) is 9.95. The fourth-order valence-corrected chi connectivity index (χ4v) is 4.94. The van der Waals surface area contributed by atoms with Crippen molar-refractivity contribution in [3.05, 3.63) is 65.2 Å². The van der Waals surface area contributed by atoms with E-state index in [0.29, 0.717) is 17.9 Å². The van der Waals surface area contributed by atoms with Crippen molar-refractivity contribution in [3.63, 3.8) is 0 Å². The molecule has 174 valence electrons. The van der Waals surface area contributed by atoms with Gasteiger partial charge in [0.1, 0.15) is 5.75 Å². The van der Waals surface area contributed by atoms with Crippen molar-refractivity contribution in [1.29, 1.82) is 0 Å². The van der Waals surface area contributed by atoms with Crippen LogP contribution < -0.4 is 15.4 Å². The number of methoxy groups -OCH3 is 1. The summed E-state index contributed by atoms with van der Waals surface area (Å²) in [5.74, 6) is 1.43. The zero-order valence-corrected chi connectivity index (χ0v) is 19.9. The first-order valence-corrected chi connectivity index (χ1v) is 11.9. The number of allylic oxidation sites excluding steroid dienone is 1. The normalized spacial score (nSPS) is 18.5. The molecule has 5 nitrogen and oxygen atoms in total. The fraction of sp³-hybridized carbons (Fsp3) is 0.429. The molecular formula is C28H34N2O3. The van der Waals surface area contributed by atoms with Crippen LogP contribution in [-0.2, 0) is 11.2 Å². The Hall–Kier alpha value is -3.08. The molecule has 2 aliphatic rings. The number of benzene rings is 2. The van der Waals surface area contributed by atoms with Gasteiger partial charge in [0, 0.05) is 40.5 Å². The summed E-state index contributed by atoms with van der Waals surface area (Å²) in [6.45, 7) is 4.26. The third-order valence-electron chi connectivity index (χ3n) is 6.70. The molecule has 2 aromatic rings. The van der Waals surface area contributed by atoms with Gasteiger partial charge in [-0.3, -0.25) is 9.59 Å². The molecule has 0 radical (unpaired) electrons. The summed E-state index contributed by atoms with van der Waals surface area (Å²) < 4.78 is 5.39. The van der Waals surface area contributed by atoms with Gasteiger partial charge in [-0.05, 0) is 74.6 Å². The summed E-state index contributed by atoms with van der Waals surface area (Å²) in [4.78, 5) is 25.3. The lowest BCUT2D eigenvalue weighted by molar-refractivity contribution is -0.116. The summed E-state index contributed by atoms with van der Waals surface area (Å²) in [6.07, 6.45) is 9.15. The van der Waals surface area contributed by atoms with E-state index in [1.165, 1.54) is 31.2 Å². The highest BCUT2D eigenvalue weighted by Crippen LogP contribution is 2.32. The molecular weight excluding hydrogens is 412 g/mol. The molecule has 5 heteroatoms. The van der Waals surface area contributed by atoms with E-state index in [9.17, 15) is 9.59 Å². The average Bonchev–Trinajstić information content (AvgIpc) is 3.31. The summed E-state index contributed by atoms with van der Waals surface area (Å²) in [5, 5.41) is 6.46. The van der Waals surface area contributed by atoms with Gasteiger partial charge in [0.15, 0.2) is 5.78 Å². The molecule has 33 heavy (non-hydrogen) atoms. The molecule has 0 spiro atoms. The van der Waals surface area contributed by atoms with Gasteiger partial charge in [0.2, 0.25) is 5.91 Å². The monoisotopic (exact) mass is 446 g/mol. The SMILES string of the molecule is COc1ccc2c(c1)C(=CC(=O)c1ccc(NC(=O)CCC3CCCC3)cc1)NC(C)(C)C2. The topological polar surface area (TPSA) is 67.4 Å². The Morgan fingerprint density at radius 1 is 1.12 bits per heavy atom. The predicted molar refractivity (Wildman–Crippen MR) is 132 cm³/mol. The minimum absolute atomic E-state index is 0.0438. The molecule has 0 unspecified atom stereocenters. The molecule has 1 fully saturated rings. The second kappa shape index (κ2) is 9.82. The molecule has 1 aliphatic heterocycles. The highest BCUT2D eigenvalue weighted by Gasteiger charge is 2.28. The van der Waals surface area contributed by atoms with Crippen molar-refractivity contribution >= 4 is 23.1 Å². The summed E-state index contributed by atoms with van der Waals surface area (Å²) >= 11 is 0. The van der Waals surface area contributed by atoms with E-state index in [1.54, 1.807) is 37.5 Å². The first-order valence-electron chi connectivity index (χ1n) is 11.9. The Morgan fingerprint density at radius 3 is 2.55 bits per heavy atom. The van der Waals surface area contributed by atoms with Crippen LogP contribution in [0.15, 0.2) is 48.5 Å². The second-order valence-electron chi connectivity index (χ2n) is 9.95. The maximum atomic E-state index is 13.0. The zero-order chi connectivity index (χ0) is 23.4. The molecule has 1 aliphatic carbocycles. The van der Waals surface area contributed by atoms with Crippen molar-refractivity contribution in [3.8, 4) is 5.75 Å². The van der Waals surface area contributed by atoms with Crippen molar-refractivity contribution in [2.45, 2.75) is 64.3 Å². The van der Waals surface area contributed by atoms with Gasteiger partial charge < -0.3 is 15.4 Å². The third kappa shape index (κ3) is 5.84. The number of nitrogens with one attached hydrogen (secondary N) is 2. The molecule has 1 heterocycles. The molecule has 1 amide bonds. The average molecular weight is 447 g/mol. The highest BCUT2D eigenvalue weighted by atomic mass is 16.5. The van der Waals surface area contributed by atoms with E-state index < -0.39 is 0 Å². The van der Waals surface area contributed by atoms with Crippen molar-refractivity contribution < 1.29 is 14.3 Å². The maximum absolute atomic E-state index is 13.0. The quantitative estimate of drug-likeness (QED) is 0.420. The lowest BCUT2D eigenvalue weighted by Gasteiger charge is -2.35. The van der Waals surface area contributed by atoms with Gasteiger partial charge in [-0.25, -0.2) is 0 Å². The van der Waals surface area contributed by atoms with Gasteiger partial charge in [-0.15, -0.1) is 0 Å². The number of hydrogen-bond acceptors (Lipinski definition) is 4. The van der Waals surface area contributed by atoms with Crippen LogP contribution in [0.1, 0.15) is 73.9 Å². The van der Waals surface area contributed by atoms with Crippen LogP contribution in [0.25, 0.3) is 5.70 Å². The molecule has 0 aromatic heterocycles. The largest absolute Gasteiger partial charge is 0.497 e. The number of amides is 1. The molecule has 0 saturated heterocycles. The van der Waals surface area contributed by atoms with Crippen LogP contribution in [0, 0.1) is 5.92 Å². The van der Waals surface area contributed by atoms with E-state index in [1.807, 2.05) is 12.1 Å². The van der Waals surface area contributed by atoms with Crippen LogP contribution in [0.3, 0.4) is 0 Å². The number of hydrogen-bond donors (Lipinski definition) is 2. The highest BCUT2D eigenvalue weighted by molar-refractivity contribution is 6.09. The van der Waals surface area contributed by atoms with Crippen LogP contribution in [0.5, 0.6) is 5.75 Å². The first kappa shape index (κ1) is 23.1. The van der Waals surface area contributed by atoms with Crippen molar-refractivity contribution in [2.75, 3.05) is 12.4 Å². The third-order valence-corrected chi connectivity index (χ3v) is 6.70. The number of carbonyl (C=O) groups is 2. The van der Waals surface area contributed by atoms with Gasteiger partial charge in [-0.1, -0.05) is 31.7 Å². The lowest BCUT2D eigenvalue weighted by atomic mass is 9.85. The minimum Gasteiger partial charge on any atom is -0.497 e. The number of ether oxygens (including phenoxy) is 1. The molecule has 0 atom stereocenters. The Bertz CT molecular complexity index is 1050. The van der Waals surface area contributed by atoms with Crippen molar-refractivity contribution in [1.82, 2.24) is 5.32 Å². The standard InChI is InChI=1S/C28H34N2O3/c1-28(2)18-21-11-14-23(33-3)16-24(21)25(30-28)17-26(31)20-9-12-22(13-10-20)29-27(32)15-8-19-6-4-5-7-19/h9-14,16-17,19,30H,4-8,15,18H2,1-3H3,(H,29,32). The van der Waals surface area contributed by atoms with E-state index in [0.717, 1.165) is 35.5 Å². The van der Waals surface area contributed by atoms with Gasteiger partial charge in [0.25, 0.3) is 0 Å². The zero-order valence-electron chi connectivity index (χ0n) is 19.9. The molecule has 2 N–H and O–H groups in total. The lowest BCUT2D eigenvalue weighted by Crippen LogP contribution is -2.43. The van der Waals surface area contributed by atoms with Crippen molar-refractivity contribution in [2.24, 2.45) is 5.92 Å². The number of ketones is 1. The first-order chi connectivity index (χ1) is 15.8. The Kier molecular flexibility index (Phi) is 6.87. The van der Waals surface area contributed by atoms with Crippen LogP contribution in [0.2, 0.25) is 0 Å². The Balaban J connectivity index is 1.44. The van der Waals surface area contributed by atoms with Gasteiger partial charge >= 0.3 is 0 Å². The van der Waals surface area contributed by atoms with E-state index in [2.05, 4.69) is 30.5 Å². The van der Waals surface area contributed by atoms with E-state index >= 15 is 0 Å². The summed E-state index contributed by atoms with van der Waals surface area (Å²) in [7, 11) is 1.64. The van der Waals surface area contributed by atoms with Gasteiger partial charge in [-0.2, -0.15) is 0 Å². The smallest absolute Gasteiger partial charge is 0.224 e. The van der Waals surface area contributed by atoms with Gasteiger partial charge in [0.05, 0.1) is 7.11 Å². The number of anilines is 1. The fourth-order valence-electron chi connectivity index (χ4n) is 4.94. The Labute approximate surface area is 196 Å². The number of rotatable bonds is 7. The van der Waals surface area contributed by atoms with E-state index in [-0.39, 0.29) is 17.2 Å².